The second-order valence-corrected chi connectivity index (χ2v) is 5.27. The summed E-state index contributed by atoms with van der Waals surface area (Å²) in [5.74, 6) is 1.81. The van der Waals surface area contributed by atoms with Crippen molar-refractivity contribution in [2.24, 2.45) is 5.92 Å². The van der Waals surface area contributed by atoms with Gasteiger partial charge in [0.2, 0.25) is 0 Å². The molecule has 0 bridgehead atoms. The van der Waals surface area contributed by atoms with E-state index in [4.69, 9.17) is 0 Å². The van der Waals surface area contributed by atoms with Gasteiger partial charge in [0.25, 0.3) is 0 Å². The summed E-state index contributed by atoms with van der Waals surface area (Å²) in [6.45, 7) is 2.12. The van der Waals surface area contributed by atoms with E-state index in [-0.39, 0.29) is 0 Å². The number of rotatable bonds is 4. The Morgan fingerprint density at radius 2 is 1.76 bits per heavy atom. The Labute approximate surface area is 106 Å². The van der Waals surface area contributed by atoms with Crippen molar-refractivity contribution in [3.05, 3.63) is 48.0 Å². The van der Waals surface area contributed by atoms with Crippen LogP contribution in [0.15, 0.2) is 42.5 Å². The summed E-state index contributed by atoms with van der Waals surface area (Å²) in [4.78, 5) is 0. The number of hydrogen-bond donors (Lipinski definition) is 0. The molecule has 0 spiro atoms. The first kappa shape index (κ1) is 12.4. The van der Waals surface area contributed by atoms with Gasteiger partial charge in [-0.1, -0.05) is 42.5 Å². The van der Waals surface area contributed by atoms with Crippen molar-refractivity contribution in [3.8, 4) is 0 Å². The van der Waals surface area contributed by atoms with E-state index in [9.17, 15) is 0 Å². The molecule has 1 aromatic rings. The standard InChI is InChI=1S/C17H24/c1-2-3-5-8-15-11-13-17(14-12-15)16-9-6-4-7-10-16/h2-4,6-7,9-10,15,17H,5,8,11-14H2,1H3. The second-order valence-electron chi connectivity index (χ2n) is 5.27. The van der Waals surface area contributed by atoms with E-state index >= 15 is 0 Å². The SMILES string of the molecule is CC=CCCC1CCC(c2ccccc2)CC1. The lowest BCUT2D eigenvalue weighted by Gasteiger charge is -2.28. The van der Waals surface area contributed by atoms with Crippen molar-refractivity contribution in [2.45, 2.75) is 51.4 Å². The molecule has 0 radical (unpaired) electrons. The Kier molecular flexibility index (Phi) is 4.85. The van der Waals surface area contributed by atoms with Gasteiger partial charge in [-0.05, 0) is 62.8 Å². The van der Waals surface area contributed by atoms with Crippen LogP contribution in [0.25, 0.3) is 0 Å². The van der Waals surface area contributed by atoms with Crippen LogP contribution >= 0.6 is 0 Å². The smallest absolute Gasteiger partial charge is 0.0162 e. The van der Waals surface area contributed by atoms with Crippen molar-refractivity contribution in [1.29, 1.82) is 0 Å². The highest BCUT2D eigenvalue weighted by Gasteiger charge is 2.21. The molecule has 1 aliphatic carbocycles. The lowest BCUT2D eigenvalue weighted by Crippen LogP contribution is -2.13. The van der Waals surface area contributed by atoms with Crippen LogP contribution in [-0.4, -0.2) is 0 Å². The predicted molar refractivity (Wildman–Crippen MR) is 75.2 cm³/mol. The van der Waals surface area contributed by atoms with Gasteiger partial charge in [0.05, 0.1) is 0 Å². The zero-order valence-corrected chi connectivity index (χ0v) is 10.9. The molecule has 1 aliphatic rings. The predicted octanol–water partition coefficient (Wildman–Crippen LogP) is 5.32. The molecule has 0 heterocycles. The summed E-state index contributed by atoms with van der Waals surface area (Å²) in [6, 6.07) is 11.1. The highest BCUT2D eigenvalue weighted by molar-refractivity contribution is 5.19. The van der Waals surface area contributed by atoms with Crippen molar-refractivity contribution < 1.29 is 0 Å². The van der Waals surface area contributed by atoms with Crippen LogP contribution < -0.4 is 0 Å². The maximum absolute atomic E-state index is 2.31. The molecule has 1 saturated carbocycles. The largest absolute Gasteiger partial charge is 0.0917 e. The van der Waals surface area contributed by atoms with Crippen molar-refractivity contribution in [3.63, 3.8) is 0 Å². The number of benzene rings is 1. The van der Waals surface area contributed by atoms with Gasteiger partial charge in [-0.15, -0.1) is 0 Å². The van der Waals surface area contributed by atoms with Crippen LogP contribution in [0.4, 0.5) is 0 Å². The molecule has 0 aromatic heterocycles. The maximum Gasteiger partial charge on any atom is -0.0162 e. The van der Waals surface area contributed by atoms with E-state index in [1.165, 1.54) is 38.5 Å². The fourth-order valence-electron chi connectivity index (χ4n) is 3.01. The lowest BCUT2D eigenvalue weighted by atomic mass is 9.77. The maximum atomic E-state index is 2.31. The molecule has 0 atom stereocenters. The fraction of sp³-hybridized carbons (Fsp3) is 0.529. The topological polar surface area (TPSA) is 0 Å². The molecule has 0 nitrogen and oxygen atoms in total. The molecule has 1 fully saturated rings. The first-order valence-corrected chi connectivity index (χ1v) is 7.06. The van der Waals surface area contributed by atoms with Gasteiger partial charge in [-0.25, -0.2) is 0 Å². The zero-order valence-electron chi connectivity index (χ0n) is 10.9. The number of hydrogen-bond acceptors (Lipinski definition) is 0. The molecule has 0 heteroatoms. The van der Waals surface area contributed by atoms with E-state index < -0.39 is 0 Å². The summed E-state index contributed by atoms with van der Waals surface area (Å²) >= 11 is 0. The quantitative estimate of drug-likeness (QED) is 0.612. The van der Waals surface area contributed by atoms with Gasteiger partial charge in [0, 0.05) is 0 Å². The Morgan fingerprint density at radius 1 is 1.06 bits per heavy atom. The highest BCUT2D eigenvalue weighted by atomic mass is 14.3. The van der Waals surface area contributed by atoms with Crippen molar-refractivity contribution in [1.82, 2.24) is 0 Å². The summed E-state index contributed by atoms with van der Waals surface area (Å²) in [7, 11) is 0. The van der Waals surface area contributed by atoms with Crippen LogP contribution in [0.2, 0.25) is 0 Å². The van der Waals surface area contributed by atoms with E-state index in [0.717, 1.165) is 11.8 Å². The van der Waals surface area contributed by atoms with Gasteiger partial charge in [-0.3, -0.25) is 0 Å². The van der Waals surface area contributed by atoms with E-state index in [1.54, 1.807) is 5.56 Å². The lowest BCUT2D eigenvalue weighted by molar-refractivity contribution is 0.312. The summed E-state index contributed by atoms with van der Waals surface area (Å²) < 4.78 is 0. The molecular weight excluding hydrogens is 204 g/mol. The molecule has 0 saturated heterocycles. The van der Waals surface area contributed by atoms with Gasteiger partial charge in [0.1, 0.15) is 0 Å². The summed E-state index contributed by atoms with van der Waals surface area (Å²) in [5, 5.41) is 0. The van der Waals surface area contributed by atoms with Crippen LogP contribution in [0.1, 0.15) is 56.9 Å². The second kappa shape index (κ2) is 6.64. The van der Waals surface area contributed by atoms with Crippen molar-refractivity contribution in [2.75, 3.05) is 0 Å². The van der Waals surface area contributed by atoms with Crippen LogP contribution in [0.3, 0.4) is 0 Å². The Hall–Kier alpha value is -1.04. The third-order valence-electron chi connectivity index (χ3n) is 4.10. The Bertz CT molecular complexity index is 328. The average Bonchev–Trinajstić information content (AvgIpc) is 2.41. The summed E-state index contributed by atoms with van der Waals surface area (Å²) in [6.07, 6.45) is 12.8. The minimum absolute atomic E-state index is 0.828. The summed E-state index contributed by atoms with van der Waals surface area (Å²) in [5.41, 5.74) is 1.56. The van der Waals surface area contributed by atoms with Crippen LogP contribution in [-0.2, 0) is 0 Å². The molecule has 92 valence electrons. The molecule has 2 rings (SSSR count). The molecule has 0 unspecified atom stereocenters. The first-order chi connectivity index (χ1) is 8.40. The zero-order chi connectivity index (χ0) is 11.9. The molecule has 0 N–H and O–H groups in total. The Balaban J connectivity index is 1.78. The fourth-order valence-corrected chi connectivity index (χ4v) is 3.01. The van der Waals surface area contributed by atoms with Gasteiger partial charge >= 0.3 is 0 Å². The van der Waals surface area contributed by atoms with E-state index in [2.05, 4.69) is 49.4 Å². The first-order valence-electron chi connectivity index (χ1n) is 7.06. The molecule has 0 aliphatic heterocycles. The van der Waals surface area contributed by atoms with Crippen LogP contribution in [0.5, 0.6) is 0 Å². The van der Waals surface area contributed by atoms with E-state index in [1.807, 2.05) is 0 Å². The third kappa shape index (κ3) is 3.73. The highest BCUT2D eigenvalue weighted by Crippen LogP contribution is 2.37. The van der Waals surface area contributed by atoms with E-state index in [0.29, 0.717) is 0 Å². The van der Waals surface area contributed by atoms with Gasteiger partial charge in [-0.2, -0.15) is 0 Å². The monoisotopic (exact) mass is 228 g/mol. The van der Waals surface area contributed by atoms with Crippen molar-refractivity contribution >= 4 is 0 Å². The van der Waals surface area contributed by atoms with Gasteiger partial charge in [0.15, 0.2) is 0 Å². The molecule has 0 amide bonds. The Morgan fingerprint density at radius 3 is 2.41 bits per heavy atom. The minimum Gasteiger partial charge on any atom is -0.0917 e. The molecule has 1 aromatic carbocycles. The third-order valence-corrected chi connectivity index (χ3v) is 4.10. The normalized spacial score (nSPS) is 25.2. The molecular formula is C17H24. The average molecular weight is 228 g/mol. The van der Waals surface area contributed by atoms with Gasteiger partial charge < -0.3 is 0 Å². The minimum atomic E-state index is 0.828. The number of allylic oxidation sites excluding steroid dienone is 2. The van der Waals surface area contributed by atoms with Crippen LogP contribution in [0, 0.1) is 5.92 Å². The molecule has 17 heavy (non-hydrogen) atoms.